The summed E-state index contributed by atoms with van der Waals surface area (Å²) in [7, 11) is 1.38. The van der Waals surface area contributed by atoms with Crippen molar-refractivity contribution in [1.82, 2.24) is 4.90 Å². The van der Waals surface area contributed by atoms with E-state index in [1.807, 2.05) is 0 Å². The molecule has 0 aromatic heterocycles. The first-order chi connectivity index (χ1) is 9.64. The zero-order valence-electron chi connectivity index (χ0n) is 12.6. The van der Waals surface area contributed by atoms with Gasteiger partial charge in [-0.15, -0.1) is 0 Å². The average Bonchev–Trinajstić information content (AvgIpc) is 2.32. The number of ether oxygens (including phenoxy) is 2. The number of carbonyl (C=O) groups is 1. The number of methoxy groups -OCH3 is 1. The molecule has 0 bridgehead atoms. The summed E-state index contributed by atoms with van der Waals surface area (Å²) < 4.78 is 23.7. The smallest absolute Gasteiger partial charge is 0.410 e. The quantitative estimate of drug-likeness (QED) is 0.910. The van der Waals surface area contributed by atoms with Crippen LogP contribution in [0.1, 0.15) is 26.3 Å². The molecule has 1 aliphatic heterocycles. The van der Waals surface area contributed by atoms with Crippen LogP contribution in [0.5, 0.6) is 5.75 Å². The lowest BCUT2D eigenvalue weighted by Gasteiger charge is -2.46. The van der Waals surface area contributed by atoms with E-state index in [0.29, 0.717) is 5.56 Å². The maximum Gasteiger partial charge on any atom is 0.410 e. The topological polar surface area (TPSA) is 59.0 Å². The Bertz CT molecular complexity index is 547. The third-order valence-electron chi connectivity index (χ3n) is 3.25. The second kappa shape index (κ2) is 5.18. The van der Waals surface area contributed by atoms with E-state index in [1.165, 1.54) is 24.1 Å². The molecule has 21 heavy (non-hydrogen) atoms. The molecule has 1 heterocycles. The average molecular weight is 297 g/mol. The number of nitrogens with zero attached hydrogens (tertiary/aromatic N) is 1. The second-order valence-corrected chi connectivity index (χ2v) is 6.22. The Morgan fingerprint density at radius 3 is 2.48 bits per heavy atom. The minimum atomic E-state index is -1.25. The maximum absolute atomic E-state index is 13.7. The van der Waals surface area contributed by atoms with Gasteiger partial charge < -0.3 is 19.5 Å². The van der Waals surface area contributed by atoms with E-state index in [4.69, 9.17) is 9.47 Å². The van der Waals surface area contributed by atoms with Crippen LogP contribution in [0.3, 0.4) is 0 Å². The highest BCUT2D eigenvalue weighted by atomic mass is 19.1. The van der Waals surface area contributed by atoms with Crippen LogP contribution in [-0.2, 0) is 10.3 Å². The fourth-order valence-electron chi connectivity index (χ4n) is 2.18. The van der Waals surface area contributed by atoms with Crippen molar-refractivity contribution in [1.29, 1.82) is 0 Å². The molecule has 0 spiro atoms. The molecule has 116 valence electrons. The van der Waals surface area contributed by atoms with Gasteiger partial charge in [-0.2, -0.15) is 0 Å². The minimum Gasteiger partial charge on any atom is -0.494 e. The van der Waals surface area contributed by atoms with Crippen LogP contribution in [0.4, 0.5) is 9.18 Å². The summed E-state index contributed by atoms with van der Waals surface area (Å²) in [4.78, 5) is 13.2. The number of β-amino-alcohol motifs (C(OH)–C–C–N with tert-alkyl or cyclic N) is 1. The van der Waals surface area contributed by atoms with Crippen LogP contribution in [0.15, 0.2) is 18.2 Å². The van der Waals surface area contributed by atoms with E-state index >= 15 is 0 Å². The van der Waals surface area contributed by atoms with Gasteiger partial charge in [-0.1, -0.05) is 6.07 Å². The number of halogens is 1. The van der Waals surface area contributed by atoms with Gasteiger partial charge in [0.1, 0.15) is 11.2 Å². The van der Waals surface area contributed by atoms with Gasteiger partial charge >= 0.3 is 6.09 Å². The molecule has 0 aliphatic carbocycles. The number of rotatable bonds is 2. The highest BCUT2D eigenvalue weighted by Gasteiger charge is 2.46. The molecule has 6 heteroatoms. The van der Waals surface area contributed by atoms with Gasteiger partial charge in [0.2, 0.25) is 0 Å². The van der Waals surface area contributed by atoms with Crippen LogP contribution in [0.2, 0.25) is 0 Å². The maximum atomic E-state index is 13.7. The highest BCUT2D eigenvalue weighted by Crippen LogP contribution is 2.34. The summed E-state index contributed by atoms with van der Waals surface area (Å²) in [6, 6.07) is 4.28. The molecule has 5 nitrogen and oxygen atoms in total. The van der Waals surface area contributed by atoms with Gasteiger partial charge in [-0.25, -0.2) is 9.18 Å². The van der Waals surface area contributed by atoms with E-state index in [9.17, 15) is 14.3 Å². The standard InChI is InChI=1S/C15H20FNO4/c1-14(2,3)21-13(18)17-8-15(19,9-17)10-5-6-12(20-4)11(16)7-10/h5-7,19H,8-9H2,1-4H3. The van der Waals surface area contributed by atoms with E-state index < -0.39 is 23.1 Å². The molecular formula is C15H20FNO4. The summed E-state index contributed by atoms with van der Waals surface area (Å²) in [6.07, 6.45) is -0.485. The third kappa shape index (κ3) is 3.26. The predicted molar refractivity (Wildman–Crippen MR) is 74.7 cm³/mol. The summed E-state index contributed by atoms with van der Waals surface area (Å²) in [5.41, 5.74) is -1.42. The Balaban J connectivity index is 2.04. The van der Waals surface area contributed by atoms with Crippen molar-refractivity contribution in [3.63, 3.8) is 0 Å². The van der Waals surface area contributed by atoms with Gasteiger partial charge in [0.25, 0.3) is 0 Å². The van der Waals surface area contributed by atoms with Crippen molar-refractivity contribution in [2.45, 2.75) is 32.0 Å². The number of amides is 1. The number of aliphatic hydroxyl groups is 1. The molecule has 1 fully saturated rings. The molecule has 1 aromatic rings. The Kier molecular flexibility index (Phi) is 3.84. The SMILES string of the molecule is COc1ccc(C2(O)CN(C(=O)OC(C)(C)C)C2)cc1F. The predicted octanol–water partition coefficient (Wildman–Crippen LogP) is 2.27. The van der Waals surface area contributed by atoms with E-state index in [0.717, 1.165) is 0 Å². The van der Waals surface area contributed by atoms with Crippen molar-refractivity contribution in [2.24, 2.45) is 0 Å². The first-order valence-corrected chi connectivity index (χ1v) is 6.69. The van der Waals surface area contributed by atoms with Gasteiger partial charge in [0.05, 0.1) is 20.2 Å². The van der Waals surface area contributed by atoms with E-state index in [2.05, 4.69) is 0 Å². The molecule has 1 saturated heterocycles. The number of benzene rings is 1. The Morgan fingerprint density at radius 2 is 2.00 bits per heavy atom. The van der Waals surface area contributed by atoms with Crippen LogP contribution in [0, 0.1) is 5.82 Å². The van der Waals surface area contributed by atoms with E-state index in [1.54, 1.807) is 26.8 Å². The third-order valence-corrected chi connectivity index (χ3v) is 3.25. The zero-order chi connectivity index (χ0) is 15.8. The second-order valence-electron chi connectivity index (χ2n) is 6.22. The molecule has 1 amide bonds. The number of hydrogen-bond acceptors (Lipinski definition) is 4. The van der Waals surface area contributed by atoms with Crippen molar-refractivity contribution in [3.05, 3.63) is 29.6 Å². The van der Waals surface area contributed by atoms with E-state index in [-0.39, 0.29) is 18.8 Å². The fourth-order valence-corrected chi connectivity index (χ4v) is 2.18. The normalized spacial score (nSPS) is 17.1. The summed E-state index contributed by atoms with van der Waals surface area (Å²) >= 11 is 0. The largest absolute Gasteiger partial charge is 0.494 e. The summed E-state index contributed by atoms with van der Waals surface area (Å²) in [6.45, 7) is 5.47. The molecule has 2 rings (SSSR count). The van der Waals surface area contributed by atoms with Crippen molar-refractivity contribution in [2.75, 3.05) is 20.2 Å². The van der Waals surface area contributed by atoms with Crippen LogP contribution in [0.25, 0.3) is 0 Å². The molecule has 1 aliphatic rings. The number of hydrogen-bond donors (Lipinski definition) is 1. The molecule has 0 unspecified atom stereocenters. The van der Waals surface area contributed by atoms with Crippen LogP contribution < -0.4 is 4.74 Å². The van der Waals surface area contributed by atoms with Gasteiger partial charge in [0, 0.05) is 0 Å². The minimum absolute atomic E-state index is 0.0771. The first kappa shape index (κ1) is 15.6. The Hall–Kier alpha value is -1.82. The number of carbonyl (C=O) groups excluding carboxylic acids is 1. The lowest BCUT2D eigenvalue weighted by atomic mass is 9.86. The monoisotopic (exact) mass is 297 g/mol. The Morgan fingerprint density at radius 1 is 1.38 bits per heavy atom. The molecule has 0 radical (unpaired) electrons. The zero-order valence-corrected chi connectivity index (χ0v) is 12.6. The fraction of sp³-hybridized carbons (Fsp3) is 0.533. The van der Waals surface area contributed by atoms with Crippen molar-refractivity contribution >= 4 is 6.09 Å². The molecular weight excluding hydrogens is 277 g/mol. The summed E-state index contributed by atoms with van der Waals surface area (Å²) in [5, 5.41) is 10.4. The highest BCUT2D eigenvalue weighted by molar-refractivity contribution is 5.70. The van der Waals surface area contributed by atoms with Crippen LogP contribution >= 0.6 is 0 Å². The van der Waals surface area contributed by atoms with Crippen LogP contribution in [-0.4, -0.2) is 41.9 Å². The first-order valence-electron chi connectivity index (χ1n) is 6.69. The lowest BCUT2D eigenvalue weighted by Crippen LogP contribution is -2.61. The molecule has 0 saturated carbocycles. The van der Waals surface area contributed by atoms with Crippen molar-refractivity contribution in [3.8, 4) is 5.75 Å². The van der Waals surface area contributed by atoms with Crippen molar-refractivity contribution < 1.29 is 23.8 Å². The van der Waals surface area contributed by atoms with Gasteiger partial charge in [-0.3, -0.25) is 0 Å². The van der Waals surface area contributed by atoms with Gasteiger partial charge in [0.15, 0.2) is 11.6 Å². The number of likely N-dealkylation sites (tertiary alicyclic amines) is 1. The van der Waals surface area contributed by atoms with Gasteiger partial charge in [-0.05, 0) is 38.5 Å². The summed E-state index contributed by atoms with van der Waals surface area (Å²) in [5.74, 6) is -0.426. The Labute approximate surface area is 123 Å². The lowest BCUT2D eigenvalue weighted by molar-refractivity contribution is -0.103. The molecule has 1 aromatic carbocycles. The molecule has 1 N–H and O–H groups in total. The molecule has 0 atom stereocenters.